The van der Waals surface area contributed by atoms with Gasteiger partial charge in [0, 0.05) is 0 Å². The molecular formula is C6H6INOS. The van der Waals surface area contributed by atoms with E-state index >= 15 is 0 Å². The second kappa shape index (κ2) is 3.92. The van der Waals surface area contributed by atoms with Crippen LogP contribution >= 0.6 is 33.9 Å². The minimum absolute atomic E-state index is 0.0180. The molecule has 1 amide bonds. The van der Waals surface area contributed by atoms with Crippen LogP contribution in [0.2, 0.25) is 0 Å². The van der Waals surface area contributed by atoms with Crippen molar-refractivity contribution in [3.63, 3.8) is 0 Å². The summed E-state index contributed by atoms with van der Waals surface area (Å²) >= 11 is 3.56. The van der Waals surface area contributed by atoms with Gasteiger partial charge in [-0.3, -0.25) is 4.79 Å². The fraction of sp³-hybridized carbons (Fsp3) is 0.167. The van der Waals surface area contributed by atoms with Gasteiger partial charge in [0.15, 0.2) is 0 Å². The first-order chi connectivity index (χ1) is 4.84. The SMILES string of the molecule is O=C(NCI)c1cccs1. The minimum atomic E-state index is 0.0180. The summed E-state index contributed by atoms with van der Waals surface area (Å²) < 4.78 is 0.661. The van der Waals surface area contributed by atoms with Crippen LogP contribution in [0.3, 0.4) is 0 Å². The number of hydrogen-bond donors (Lipinski definition) is 1. The lowest BCUT2D eigenvalue weighted by atomic mass is 10.4. The Hall–Kier alpha value is -0.100. The molecule has 54 valence electrons. The smallest absolute Gasteiger partial charge is 0.261 e. The Morgan fingerprint density at radius 1 is 1.80 bits per heavy atom. The van der Waals surface area contributed by atoms with Crippen molar-refractivity contribution in [2.45, 2.75) is 0 Å². The standard InChI is InChI=1S/C6H6INOS/c7-4-8-6(9)5-2-1-3-10-5/h1-3H,4H2,(H,8,9). The van der Waals surface area contributed by atoms with Crippen LogP contribution in [-0.2, 0) is 0 Å². The summed E-state index contributed by atoms with van der Waals surface area (Å²) in [5.74, 6) is 0.0180. The number of nitrogens with one attached hydrogen (secondary N) is 1. The fourth-order valence-corrected chi connectivity index (χ4v) is 1.54. The third-order valence-electron chi connectivity index (χ3n) is 0.972. The maximum absolute atomic E-state index is 11.0. The van der Waals surface area contributed by atoms with Crippen molar-refractivity contribution in [2.24, 2.45) is 0 Å². The van der Waals surface area contributed by atoms with Gasteiger partial charge in [-0.15, -0.1) is 11.3 Å². The van der Waals surface area contributed by atoms with Gasteiger partial charge in [-0.25, -0.2) is 0 Å². The highest BCUT2D eigenvalue weighted by atomic mass is 127. The maximum atomic E-state index is 11.0. The van der Waals surface area contributed by atoms with Crippen LogP contribution in [0.25, 0.3) is 0 Å². The number of rotatable bonds is 2. The molecule has 0 saturated heterocycles. The molecule has 1 aromatic heterocycles. The molecule has 1 aromatic rings. The summed E-state index contributed by atoms with van der Waals surface area (Å²) in [6, 6.07) is 3.68. The van der Waals surface area contributed by atoms with Crippen LogP contribution in [0.1, 0.15) is 9.67 Å². The van der Waals surface area contributed by atoms with Crippen molar-refractivity contribution in [1.82, 2.24) is 5.32 Å². The summed E-state index contributed by atoms with van der Waals surface area (Å²) in [5, 5.41) is 4.60. The molecule has 0 bridgehead atoms. The number of carbonyl (C=O) groups excluding carboxylic acids is 1. The number of thiophene rings is 1. The molecule has 4 heteroatoms. The lowest BCUT2D eigenvalue weighted by Gasteiger charge is -1.94. The van der Waals surface area contributed by atoms with E-state index < -0.39 is 0 Å². The molecule has 1 N–H and O–H groups in total. The number of amides is 1. The van der Waals surface area contributed by atoms with Crippen molar-refractivity contribution in [3.05, 3.63) is 22.4 Å². The van der Waals surface area contributed by atoms with E-state index in [0.717, 1.165) is 4.88 Å². The zero-order valence-electron chi connectivity index (χ0n) is 5.13. The molecule has 1 rings (SSSR count). The zero-order chi connectivity index (χ0) is 7.40. The third-order valence-corrected chi connectivity index (χ3v) is 2.22. The minimum Gasteiger partial charge on any atom is -0.342 e. The van der Waals surface area contributed by atoms with Gasteiger partial charge < -0.3 is 5.32 Å². The highest BCUT2D eigenvalue weighted by Gasteiger charge is 2.02. The Kier molecular flexibility index (Phi) is 3.14. The van der Waals surface area contributed by atoms with Crippen LogP contribution in [0, 0.1) is 0 Å². The third kappa shape index (κ3) is 1.95. The number of alkyl halides is 1. The van der Waals surface area contributed by atoms with Crippen LogP contribution < -0.4 is 5.32 Å². The molecular weight excluding hydrogens is 261 g/mol. The van der Waals surface area contributed by atoms with Crippen molar-refractivity contribution in [3.8, 4) is 0 Å². The lowest BCUT2D eigenvalue weighted by molar-refractivity contribution is 0.0966. The topological polar surface area (TPSA) is 29.1 Å². The lowest BCUT2D eigenvalue weighted by Crippen LogP contribution is -2.19. The van der Waals surface area contributed by atoms with Crippen molar-refractivity contribution >= 4 is 39.8 Å². The van der Waals surface area contributed by atoms with Gasteiger partial charge in [-0.05, 0) is 11.4 Å². The number of hydrogen-bond acceptors (Lipinski definition) is 2. The first-order valence-electron chi connectivity index (χ1n) is 2.72. The molecule has 10 heavy (non-hydrogen) atoms. The Morgan fingerprint density at radius 2 is 2.60 bits per heavy atom. The van der Waals surface area contributed by atoms with Crippen LogP contribution in [0.5, 0.6) is 0 Å². The first kappa shape index (κ1) is 8.00. The van der Waals surface area contributed by atoms with Gasteiger partial charge in [-0.2, -0.15) is 0 Å². The number of halogens is 1. The van der Waals surface area contributed by atoms with E-state index in [9.17, 15) is 4.79 Å². The summed E-state index contributed by atoms with van der Waals surface area (Å²) in [7, 11) is 0. The summed E-state index contributed by atoms with van der Waals surface area (Å²) in [6.07, 6.45) is 0. The van der Waals surface area contributed by atoms with Crippen LogP contribution in [-0.4, -0.2) is 10.5 Å². The van der Waals surface area contributed by atoms with E-state index in [-0.39, 0.29) is 5.91 Å². The van der Waals surface area contributed by atoms with Crippen LogP contribution in [0.4, 0.5) is 0 Å². The van der Waals surface area contributed by atoms with Crippen molar-refractivity contribution < 1.29 is 4.79 Å². The normalized spacial score (nSPS) is 9.30. The van der Waals surface area contributed by atoms with Gasteiger partial charge in [0.2, 0.25) is 0 Å². The van der Waals surface area contributed by atoms with Gasteiger partial charge in [0.05, 0.1) is 9.43 Å². The van der Waals surface area contributed by atoms with E-state index in [1.165, 1.54) is 11.3 Å². The van der Waals surface area contributed by atoms with E-state index in [1.807, 2.05) is 17.5 Å². The molecule has 0 spiro atoms. The van der Waals surface area contributed by atoms with Gasteiger partial charge in [0.1, 0.15) is 0 Å². The Labute approximate surface area is 76.8 Å². The Bertz CT molecular complexity index is 210. The van der Waals surface area contributed by atoms with Crippen molar-refractivity contribution in [2.75, 3.05) is 4.55 Å². The molecule has 0 aliphatic heterocycles. The molecule has 0 radical (unpaired) electrons. The van der Waals surface area contributed by atoms with E-state index in [4.69, 9.17) is 0 Å². The highest BCUT2D eigenvalue weighted by Crippen LogP contribution is 2.07. The highest BCUT2D eigenvalue weighted by molar-refractivity contribution is 14.1. The maximum Gasteiger partial charge on any atom is 0.261 e. The molecule has 0 atom stereocenters. The molecule has 0 aliphatic carbocycles. The van der Waals surface area contributed by atoms with Gasteiger partial charge in [-0.1, -0.05) is 28.7 Å². The molecule has 0 aliphatic rings. The number of carbonyl (C=O) groups is 1. The van der Waals surface area contributed by atoms with Gasteiger partial charge in [0.25, 0.3) is 5.91 Å². The van der Waals surface area contributed by atoms with E-state index in [0.29, 0.717) is 4.55 Å². The molecule has 0 aromatic carbocycles. The Balaban J connectivity index is 2.59. The molecule has 0 saturated carbocycles. The quantitative estimate of drug-likeness (QED) is 0.494. The van der Waals surface area contributed by atoms with E-state index in [1.54, 1.807) is 0 Å². The summed E-state index contributed by atoms with van der Waals surface area (Å²) in [6.45, 7) is 0. The second-order valence-electron chi connectivity index (χ2n) is 1.62. The predicted octanol–water partition coefficient (Wildman–Crippen LogP) is 1.87. The van der Waals surface area contributed by atoms with Crippen molar-refractivity contribution in [1.29, 1.82) is 0 Å². The monoisotopic (exact) mass is 267 g/mol. The molecule has 0 unspecified atom stereocenters. The zero-order valence-corrected chi connectivity index (χ0v) is 8.11. The summed E-state index contributed by atoms with van der Waals surface area (Å²) in [5.41, 5.74) is 0. The predicted molar refractivity (Wildman–Crippen MR) is 50.7 cm³/mol. The average Bonchev–Trinajstić information content (AvgIpc) is 2.38. The van der Waals surface area contributed by atoms with Crippen LogP contribution in [0.15, 0.2) is 17.5 Å². The summed E-state index contributed by atoms with van der Waals surface area (Å²) in [4.78, 5) is 11.8. The second-order valence-corrected chi connectivity index (χ2v) is 3.33. The van der Waals surface area contributed by atoms with E-state index in [2.05, 4.69) is 27.9 Å². The average molecular weight is 267 g/mol. The molecule has 1 heterocycles. The largest absolute Gasteiger partial charge is 0.342 e. The molecule has 0 fully saturated rings. The van der Waals surface area contributed by atoms with Gasteiger partial charge >= 0.3 is 0 Å². The first-order valence-corrected chi connectivity index (χ1v) is 5.13. The fourth-order valence-electron chi connectivity index (χ4n) is 0.556. The Morgan fingerprint density at radius 3 is 3.10 bits per heavy atom. The molecule has 2 nitrogen and oxygen atoms in total.